The van der Waals surface area contributed by atoms with Crippen LogP contribution in [0.4, 0.5) is 0 Å². The molecule has 1 unspecified atom stereocenters. The molecule has 2 N–H and O–H groups in total. The van der Waals surface area contributed by atoms with Crippen LogP contribution in [0.2, 0.25) is 0 Å². The summed E-state index contributed by atoms with van der Waals surface area (Å²) in [4.78, 5) is 91.6. The van der Waals surface area contributed by atoms with Crippen LogP contribution in [0.15, 0.2) is 42.6 Å². The molecule has 0 saturated carbocycles. The van der Waals surface area contributed by atoms with Crippen LogP contribution < -0.4 is 14.8 Å². The van der Waals surface area contributed by atoms with E-state index in [2.05, 4.69) is 10.3 Å². The number of nitrogens with zero attached hydrogens (tertiary/aromatic N) is 1. The minimum absolute atomic E-state index is 0.0521. The molecule has 0 bridgehead atoms. The molecule has 0 aliphatic heterocycles. The minimum atomic E-state index is -1.97. The summed E-state index contributed by atoms with van der Waals surface area (Å²) in [6.07, 6.45) is 1.80. The molecular weight excluding hydrogens is 600 g/mol. The Hall–Kier alpha value is -4.94. The Balaban J connectivity index is 2.49. The van der Waals surface area contributed by atoms with Gasteiger partial charge in [0.2, 0.25) is 12.6 Å². The highest BCUT2D eigenvalue weighted by Crippen LogP contribution is 2.41. The van der Waals surface area contributed by atoms with E-state index in [4.69, 9.17) is 14.2 Å². The summed E-state index contributed by atoms with van der Waals surface area (Å²) in [6.45, 7) is 4.75. The van der Waals surface area contributed by atoms with Gasteiger partial charge < -0.3 is 34.2 Å². The summed E-state index contributed by atoms with van der Waals surface area (Å²) < 4.78 is 15.8. The standard InChI is InChI=1S/C33H40N2O11/c1-20(2)31(41)46-19-45-29-25(44-5)13-14-34-27(29)30(40)35-18-33(4,32(42)43)26(21(3)28(39)24(38)12-9-15-36)23(17-37)16-22-10-7-6-8-11-22/h6-8,10-11,13-15,17,20-21,23,26H,9,12,16,18-19H2,1-5H3,(H,35,40)(H,42,43)/t21-,23-,26-,33?/m0/s1. The number of carbonyl (C=O) groups excluding carboxylic acids is 6. The van der Waals surface area contributed by atoms with E-state index in [1.807, 2.05) is 0 Å². The average Bonchev–Trinajstić information content (AvgIpc) is 3.05. The van der Waals surface area contributed by atoms with Crippen LogP contribution in [0.25, 0.3) is 0 Å². The van der Waals surface area contributed by atoms with Crippen LogP contribution in [0.1, 0.15) is 56.6 Å². The average molecular weight is 641 g/mol. The first kappa shape index (κ1) is 37.2. The van der Waals surface area contributed by atoms with Crippen LogP contribution in [0.5, 0.6) is 11.5 Å². The van der Waals surface area contributed by atoms with Gasteiger partial charge in [0.05, 0.1) is 18.4 Å². The normalized spacial score (nSPS) is 14.1. The van der Waals surface area contributed by atoms with Gasteiger partial charge in [0.1, 0.15) is 12.6 Å². The van der Waals surface area contributed by atoms with Gasteiger partial charge in [-0.05, 0) is 24.8 Å². The smallest absolute Gasteiger partial charge is 0.311 e. The number of esters is 1. The number of aliphatic carboxylic acids is 1. The monoisotopic (exact) mass is 640 g/mol. The van der Waals surface area contributed by atoms with Gasteiger partial charge in [0.25, 0.3) is 5.91 Å². The summed E-state index contributed by atoms with van der Waals surface area (Å²) in [6, 6.07) is 10.1. The van der Waals surface area contributed by atoms with Crippen LogP contribution in [-0.2, 0) is 39.9 Å². The van der Waals surface area contributed by atoms with Crippen LogP contribution in [0.3, 0.4) is 0 Å². The molecule has 1 aromatic carbocycles. The fraction of sp³-hybridized carbons (Fsp3) is 0.455. The van der Waals surface area contributed by atoms with Crippen LogP contribution >= 0.6 is 0 Å². The summed E-state index contributed by atoms with van der Waals surface area (Å²) in [5.41, 5.74) is -1.59. The summed E-state index contributed by atoms with van der Waals surface area (Å²) in [5.74, 6) is -8.82. The number of rotatable bonds is 20. The van der Waals surface area contributed by atoms with Crippen LogP contribution in [0, 0.1) is 29.1 Å². The predicted octanol–water partition coefficient (Wildman–Crippen LogP) is 2.87. The number of hydrogen-bond acceptors (Lipinski definition) is 11. The quantitative estimate of drug-likeness (QED) is 0.0932. The van der Waals surface area contributed by atoms with Gasteiger partial charge >= 0.3 is 11.9 Å². The third kappa shape index (κ3) is 9.53. The molecule has 4 atom stereocenters. The number of carboxylic acids is 1. The molecule has 2 aromatic rings. The predicted molar refractivity (Wildman–Crippen MR) is 163 cm³/mol. The lowest BCUT2D eigenvalue weighted by Crippen LogP contribution is -2.53. The number of aromatic nitrogens is 1. The number of amides is 1. The Morgan fingerprint density at radius 2 is 1.72 bits per heavy atom. The fourth-order valence-electron chi connectivity index (χ4n) is 5.16. The first-order valence-corrected chi connectivity index (χ1v) is 14.7. The molecule has 0 aliphatic rings. The SMILES string of the molecule is COc1ccnc(C(=O)NCC(C)(C(=O)O)[C@H]([C@H](C=O)Cc2ccccc2)[C@H](C)C(=O)C(=O)CCC=O)c1OCOC(=O)C(C)C. The number of ether oxygens (including phenoxy) is 3. The van der Waals surface area contributed by atoms with Gasteiger partial charge in [0.15, 0.2) is 23.0 Å². The lowest BCUT2D eigenvalue weighted by molar-refractivity contribution is -0.157. The maximum atomic E-state index is 13.5. The van der Waals surface area contributed by atoms with Gasteiger partial charge in [-0.15, -0.1) is 0 Å². The Morgan fingerprint density at radius 1 is 1.04 bits per heavy atom. The molecule has 1 amide bonds. The molecule has 0 aliphatic carbocycles. The van der Waals surface area contributed by atoms with E-state index in [9.17, 15) is 38.7 Å². The maximum Gasteiger partial charge on any atom is 0.311 e. The number of nitrogens with one attached hydrogen (secondary N) is 1. The highest BCUT2D eigenvalue weighted by Gasteiger charge is 2.50. The number of pyridine rings is 1. The number of methoxy groups -OCH3 is 1. The molecule has 0 fully saturated rings. The van der Waals surface area contributed by atoms with E-state index < -0.39 is 71.8 Å². The zero-order valence-corrected chi connectivity index (χ0v) is 26.5. The van der Waals surface area contributed by atoms with Crippen molar-refractivity contribution in [2.75, 3.05) is 20.4 Å². The number of carbonyl (C=O) groups is 7. The van der Waals surface area contributed by atoms with Gasteiger partial charge in [-0.2, -0.15) is 0 Å². The number of aldehydes is 2. The number of ketones is 2. The third-order valence-corrected chi connectivity index (χ3v) is 7.69. The molecule has 1 heterocycles. The zero-order valence-electron chi connectivity index (χ0n) is 26.5. The molecule has 46 heavy (non-hydrogen) atoms. The summed E-state index contributed by atoms with van der Waals surface area (Å²) in [7, 11) is 1.32. The molecule has 1 aromatic heterocycles. The topological polar surface area (TPSA) is 192 Å². The Bertz CT molecular complexity index is 1410. The van der Waals surface area contributed by atoms with E-state index in [-0.39, 0.29) is 36.5 Å². The zero-order chi connectivity index (χ0) is 34.4. The number of Topliss-reactive ketones (excluding diaryl/α,β-unsaturated/α-hetero) is 2. The van der Waals surface area contributed by atoms with Crippen molar-refractivity contribution in [2.24, 2.45) is 29.1 Å². The second kappa shape index (κ2) is 17.5. The fourth-order valence-corrected chi connectivity index (χ4v) is 5.16. The largest absolute Gasteiger partial charge is 0.493 e. The van der Waals surface area contributed by atoms with E-state index >= 15 is 0 Å². The van der Waals surface area contributed by atoms with E-state index in [0.29, 0.717) is 18.1 Å². The van der Waals surface area contributed by atoms with E-state index in [1.165, 1.54) is 33.2 Å². The second-order valence-electron chi connectivity index (χ2n) is 11.3. The van der Waals surface area contributed by atoms with Crippen molar-refractivity contribution in [1.82, 2.24) is 10.3 Å². The minimum Gasteiger partial charge on any atom is -0.493 e. The molecule has 0 radical (unpaired) electrons. The van der Waals surface area contributed by atoms with Crippen molar-refractivity contribution in [3.05, 3.63) is 53.9 Å². The molecule has 13 nitrogen and oxygen atoms in total. The first-order chi connectivity index (χ1) is 21.8. The van der Waals surface area contributed by atoms with Gasteiger partial charge in [-0.1, -0.05) is 51.1 Å². The summed E-state index contributed by atoms with van der Waals surface area (Å²) >= 11 is 0. The molecular formula is C33H40N2O11. The lowest BCUT2D eigenvalue weighted by Gasteiger charge is -2.40. The molecule has 248 valence electrons. The highest BCUT2D eigenvalue weighted by atomic mass is 16.7. The first-order valence-electron chi connectivity index (χ1n) is 14.7. The van der Waals surface area contributed by atoms with Crippen molar-refractivity contribution in [2.45, 2.75) is 47.0 Å². The van der Waals surface area contributed by atoms with Gasteiger partial charge in [-0.25, -0.2) is 4.98 Å². The molecule has 2 rings (SSSR count). The van der Waals surface area contributed by atoms with Crippen molar-refractivity contribution < 1.29 is 52.9 Å². The summed E-state index contributed by atoms with van der Waals surface area (Å²) in [5, 5.41) is 13.1. The van der Waals surface area contributed by atoms with Crippen molar-refractivity contribution in [3.8, 4) is 11.5 Å². The maximum absolute atomic E-state index is 13.5. The van der Waals surface area contributed by atoms with Crippen molar-refractivity contribution >= 4 is 42.0 Å². The Morgan fingerprint density at radius 3 is 2.28 bits per heavy atom. The van der Waals surface area contributed by atoms with Gasteiger partial charge in [0, 0.05) is 43.5 Å². The molecule has 0 spiro atoms. The Kier molecular flexibility index (Phi) is 14.2. The molecule has 0 saturated heterocycles. The number of benzene rings is 1. The van der Waals surface area contributed by atoms with Crippen LogP contribution in [-0.4, -0.2) is 72.5 Å². The highest BCUT2D eigenvalue weighted by molar-refractivity contribution is 6.38. The van der Waals surface area contributed by atoms with Gasteiger partial charge in [-0.3, -0.25) is 24.0 Å². The number of hydrogen-bond donors (Lipinski definition) is 2. The van der Waals surface area contributed by atoms with E-state index in [1.54, 1.807) is 44.2 Å². The lowest BCUT2D eigenvalue weighted by atomic mass is 9.62. The van der Waals surface area contributed by atoms with Crippen molar-refractivity contribution in [3.63, 3.8) is 0 Å². The van der Waals surface area contributed by atoms with E-state index in [0.717, 1.165) is 0 Å². The Labute approximate surface area is 267 Å². The molecule has 13 heteroatoms. The van der Waals surface area contributed by atoms with Crippen molar-refractivity contribution in [1.29, 1.82) is 0 Å². The third-order valence-electron chi connectivity index (χ3n) is 7.69. The number of carboxylic acid groups (broad SMARTS) is 1. The second-order valence-corrected chi connectivity index (χ2v) is 11.3.